The molecule has 1 aliphatic heterocycles. The van der Waals surface area contributed by atoms with Crippen molar-refractivity contribution in [3.8, 4) is 0 Å². The van der Waals surface area contributed by atoms with Gasteiger partial charge in [-0.2, -0.15) is 0 Å². The third-order valence-electron chi connectivity index (χ3n) is 3.24. The van der Waals surface area contributed by atoms with Crippen molar-refractivity contribution in [1.82, 2.24) is 15.2 Å². The highest BCUT2D eigenvalue weighted by Crippen LogP contribution is 2.21. The maximum absolute atomic E-state index is 11.5. The van der Waals surface area contributed by atoms with E-state index in [9.17, 15) is 4.79 Å². The van der Waals surface area contributed by atoms with E-state index in [1.807, 2.05) is 24.3 Å². The molecule has 1 amide bonds. The molecule has 1 aromatic carbocycles. The fourth-order valence-electron chi connectivity index (χ4n) is 2.17. The molecule has 0 radical (unpaired) electrons. The number of likely N-dealkylation sites (N-methyl/N-ethyl adjacent to an activating group) is 1. The molecule has 2 aromatic rings. The molecule has 3 rings (SSSR count). The number of amides is 1. The molecule has 1 fully saturated rings. The van der Waals surface area contributed by atoms with Gasteiger partial charge in [-0.25, -0.2) is 4.79 Å². The van der Waals surface area contributed by atoms with Gasteiger partial charge in [0.1, 0.15) is 6.56 Å². The van der Waals surface area contributed by atoms with Crippen LogP contribution in [0.2, 0.25) is 0 Å². The Labute approximate surface area is 132 Å². The van der Waals surface area contributed by atoms with E-state index in [0.29, 0.717) is 29.4 Å². The summed E-state index contributed by atoms with van der Waals surface area (Å²) >= 11 is 0. The maximum Gasteiger partial charge on any atom is 0.407 e. The number of benzene rings is 1. The molecule has 0 aliphatic carbocycles. The Hall–Kier alpha value is -2.01. The average molecular weight is 293 g/mol. The third-order valence-corrected chi connectivity index (χ3v) is 3.24. The number of hydrogen-bond donors (Lipinski definition) is 2. The lowest BCUT2D eigenvalue weighted by atomic mass is 10.0. The molecular formula is C16H21N3O2. The topological polar surface area (TPSA) is 57.4 Å². The van der Waals surface area contributed by atoms with Gasteiger partial charge < -0.3 is 19.9 Å². The number of alkyl carbamates (subject to hydrolysis) is 1. The monoisotopic (exact) mass is 293 g/mol. The molecule has 112 valence electrons. The first-order valence-corrected chi connectivity index (χ1v) is 6.66. The summed E-state index contributed by atoms with van der Waals surface area (Å²) in [5.41, 5.74) is 1.39. The normalized spacial score (nSPS) is 29.0. The second kappa shape index (κ2) is 5.77. The zero-order valence-corrected chi connectivity index (χ0v) is 11.9. The number of ether oxygens (including phenoxy) is 1. The van der Waals surface area contributed by atoms with Crippen LogP contribution in [0.5, 0.6) is 0 Å². The van der Waals surface area contributed by atoms with Crippen molar-refractivity contribution in [3.05, 3.63) is 35.5 Å². The summed E-state index contributed by atoms with van der Waals surface area (Å²) in [5, 5.41) is 2.61. The molecule has 2 N–H and O–H groups in total. The van der Waals surface area contributed by atoms with Crippen LogP contribution in [0.1, 0.15) is 19.4 Å². The largest absolute Gasteiger partial charge is 0.447 e. The van der Waals surface area contributed by atoms with Crippen molar-refractivity contribution < 1.29 is 17.8 Å². The minimum Gasteiger partial charge on any atom is -0.447 e. The molecule has 5 heteroatoms. The minimum atomic E-state index is -2.85. The number of rotatable bonds is 5. The maximum atomic E-state index is 11.5. The van der Waals surface area contributed by atoms with E-state index in [0.717, 1.165) is 0 Å². The summed E-state index contributed by atoms with van der Waals surface area (Å²) < 4.78 is 53.3. The first kappa shape index (κ1) is 8.44. The summed E-state index contributed by atoms with van der Waals surface area (Å²) in [5.74, 6) is 0. The van der Waals surface area contributed by atoms with Gasteiger partial charge in [0.05, 0.1) is 11.5 Å². The lowest BCUT2D eigenvalue weighted by Gasteiger charge is -2.09. The van der Waals surface area contributed by atoms with E-state index < -0.39 is 25.0 Å². The van der Waals surface area contributed by atoms with Crippen LogP contribution < -0.4 is 5.32 Å². The molecule has 0 saturated carbocycles. The number of nitrogens with zero attached hydrogens (tertiary/aromatic N) is 1. The summed E-state index contributed by atoms with van der Waals surface area (Å²) in [6.45, 7) is -2.15. The smallest absolute Gasteiger partial charge is 0.407 e. The van der Waals surface area contributed by atoms with Crippen molar-refractivity contribution in [2.75, 3.05) is 27.2 Å². The predicted octanol–water partition coefficient (Wildman–Crippen LogP) is 1.92. The molecule has 1 aromatic heterocycles. The molecule has 1 saturated heterocycles. The minimum absolute atomic E-state index is 0.0183. The average Bonchev–Trinajstić information content (AvgIpc) is 2.96. The Morgan fingerprint density at radius 2 is 2.48 bits per heavy atom. The fraction of sp³-hybridized carbons (Fsp3) is 0.438. The molecule has 0 unspecified atom stereocenters. The Kier molecular flexibility index (Phi) is 2.32. The van der Waals surface area contributed by atoms with Gasteiger partial charge in [0.2, 0.25) is 0 Å². The van der Waals surface area contributed by atoms with Crippen molar-refractivity contribution >= 4 is 17.0 Å². The zero-order valence-electron chi connectivity index (χ0n) is 17.9. The number of fused-ring (bicyclic) bond motifs is 1. The third kappa shape index (κ3) is 3.19. The molecule has 1 aliphatic rings. The summed E-state index contributed by atoms with van der Waals surface area (Å²) in [6, 6.07) is 1.86. The standard InChI is InChI=1S/C16H21N3O2/c1-19(2)6-5-12-9-17-15-4-3-11(8-14(12)15)7-13-10-21-16(20)18-13/h3-4,8-9,13,17H,5-7,10H2,1-2H3,(H,18,20)/t13-/m0/s1/i7D2,9D,10D2,13D. The van der Waals surface area contributed by atoms with Gasteiger partial charge in [-0.05, 0) is 50.1 Å². The number of cyclic esters (lactones) is 1. The number of nitrogens with one attached hydrogen (secondary N) is 2. The lowest BCUT2D eigenvalue weighted by molar-refractivity contribution is 0.177. The van der Waals surface area contributed by atoms with E-state index >= 15 is 0 Å². The van der Waals surface area contributed by atoms with Gasteiger partial charge in [0, 0.05) is 26.4 Å². The summed E-state index contributed by atoms with van der Waals surface area (Å²) in [7, 11) is 3.83. The molecule has 5 nitrogen and oxygen atoms in total. The highest BCUT2D eigenvalue weighted by atomic mass is 16.6. The van der Waals surface area contributed by atoms with Crippen molar-refractivity contribution in [1.29, 1.82) is 0 Å². The molecule has 0 spiro atoms. The van der Waals surface area contributed by atoms with Gasteiger partial charge in [0.25, 0.3) is 0 Å². The SMILES string of the molecule is [2H]c1[nH]c2ccc(C([2H])([2H])[C@]3([2H])NC(=O)OC3([2H])[2H])cc2c1CCN(C)C. The first-order valence-electron chi connectivity index (χ1n) is 9.66. The van der Waals surface area contributed by atoms with E-state index in [4.69, 9.17) is 8.22 Å². The van der Waals surface area contributed by atoms with Crippen LogP contribution in [0.25, 0.3) is 10.9 Å². The Morgan fingerprint density at radius 1 is 1.62 bits per heavy atom. The van der Waals surface area contributed by atoms with Crippen molar-refractivity contribution in [2.45, 2.75) is 18.8 Å². The predicted molar refractivity (Wildman–Crippen MR) is 82.5 cm³/mol. The van der Waals surface area contributed by atoms with Crippen LogP contribution >= 0.6 is 0 Å². The second-order valence-electron chi connectivity index (χ2n) is 5.16. The van der Waals surface area contributed by atoms with Crippen LogP contribution in [0.15, 0.2) is 24.4 Å². The van der Waals surface area contributed by atoms with E-state index in [1.165, 1.54) is 12.1 Å². The van der Waals surface area contributed by atoms with E-state index in [-0.39, 0.29) is 11.7 Å². The van der Waals surface area contributed by atoms with Crippen LogP contribution in [0, 0.1) is 0 Å². The van der Waals surface area contributed by atoms with Gasteiger partial charge in [-0.1, -0.05) is 6.07 Å². The number of aromatic amines is 1. The van der Waals surface area contributed by atoms with Crippen LogP contribution in [0.3, 0.4) is 0 Å². The van der Waals surface area contributed by atoms with Gasteiger partial charge in [0.15, 0.2) is 0 Å². The number of aromatic nitrogens is 1. The van der Waals surface area contributed by atoms with E-state index in [1.54, 1.807) is 6.07 Å². The second-order valence-corrected chi connectivity index (χ2v) is 5.16. The number of H-pyrrole nitrogens is 1. The van der Waals surface area contributed by atoms with E-state index in [2.05, 4.69) is 9.72 Å². The molecular weight excluding hydrogens is 266 g/mol. The number of carbonyl (C=O) groups excluding carboxylic acids is 1. The highest BCUT2D eigenvalue weighted by Gasteiger charge is 2.22. The number of hydrogen-bond acceptors (Lipinski definition) is 3. The zero-order chi connectivity index (χ0) is 20.2. The quantitative estimate of drug-likeness (QED) is 0.885. The summed E-state index contributed by atoms with van der Waals surface area (Å²) in [4.78, 5) is 16.4. The molecule has 21 heavy (non-hydrogen) atoms. The Balaban J connectivity index is 2.08. The van der Waals surface area contributed by atoms with Crippen LogP contribution in [-0.4, -0.2) is 49.2 Å². The fourth-order valence-corrected chi connectivity index (χ4v) is 2.17. The van der Waals surface area contributed by atoms with Crippen LogP contribution in [0.4, 0.5) is 4.79 Å². The number of carbonyl (C=O) groups is 1. The highest BCUT2D eigenvalue weighted by molar-refractivity contribution is 5.84. The molecule has 2 heterocycles. The Morgan fingerprint density at radius 3 is 3.19 bits per heavy atom. The van der Waals surface area contributed by atoms with Gasteiger partial charge in [-0.3, -0.25) is 0 Å². The Bertz CT molecular complexity index is 898. The molecule has 0 bridgehead atoms. The van der Waals surface area contributed by atoms with Crippen molar-refractivity contribution in [2.24, 2.45) is 0 Å². The van der Waals surface area contributed by atoms with Crippen molar-refractivity contribution in [3.63, 3.8) is 0 Å². The lowest BCUT2D eigenvalue weighted by Crippen LogP contribution is -2.28. The summed E-state index contributed by atoms with van der Waals surface area (Å²) in [6.07, 6.45) is -2.96. The first-order chi connectivity index (χ1) is 12.4. The molecule has 1 atom stereocenters. The van der Waals surface area contributed by atoms with Crippen LogP contribution in [-0.2, 0) is 17.5 Å². The van der Waals surface area contributed by atoms with Gasteiger partial charge >= 0.3 is 6.09 Å². The van der Waals surface area contributed by atoms with Gasteiger partial charge in [-0.15, -0.1) is 0 Å².